The number of rotatable bonds is 6. The molecule has 3 N–H and O–H groups in total. The summed E-state index contributed by atoms with van der Waals surface area (Å²) in [4.78, 5) is 45.4. The Labute approximate surface area is 219 Å². The number of hydrogen-bond donors (Lipinski definition) is 2. The van der Waals surface area contributed by atoms with E-state index in [-0.39, 0.29) is 17.6 Å². The molecule has 11 heteroatoms. The smallest absolute Gasteiger partial charge is 0.317 e. The molecule has 0 radical (unpaired) electrons. The van der Waals surface area contributed by atoms with Crippen molar-refractivity contribution in [1.29, 1.82) is 0 Å². The van der Waals surface area contributed by atoms with Crippen molar-refractivity contribution < 1.29 is 14.4 Å². The van der Waals surface area contributed by atoms with Crippen LogP contribution in [0.1, 0.15) is 37.9 Å². The highest BCUT2D eigenvalue weighted by atomic mass is 16.2. The zero-order valence-corrected chi connectivity index (χ0v) is 21.4. The summed E-state index contributed by atoms with van der Waals surface area (Å²) in [5, 5.41) is 7.02. The Morgan fingerprint density at radius 1 is 1.05 bits per heavy atom. The molecule has 0 unspecified atom stereocenters. The molecule has 5 rings (SSSR count). The lowest BCUT2D eigenvalue weighted by atomic mass is 10.0. The van der Waals surface area contributed by atoms with Crippen molar-refractivity contribution in [2.75, 3.05) is 25.5 Å². The predicted molar refractivity (Wildman–Crippen MR) is 142 cm³/mol. The molecule has 38 heavy (non-hydrogen) atoms. The summed E-state index contributed by atoms with van der Waals surface area (Å²) in [6.07, 6.45) is 3.95. The highest BCUT2D eigenvalue weighted by molar-refractivity contribution is 6.09. The third-order valence-corrected chi connectivity index (χ3v) is 6.62. The van der Waals surface area contributed by atoms with Gasteiger partial charge in [-0.3, -0.25) is 9.59 Å². The maximum Gasteiger partial charge on any atom is 0.317 e. The molecule has 0 spiro atoms. The van der Waals surface area contributed by atoms with Gasteiger partial charge >= 0.3 is 6.03 Å². The minimum absolute atomic E-state index is 0.123. The standard InChI is InChI=1S/C27H28N8O3/c1-17-4-6-20(7-5-17)35-24-21(23(31-35)25(28)36)12-14-34(26(24)37)19-10-8-18(9-11-19)33-15-13-30-22(33)16-32(3)27(38)29-2/h4-11,13,15H,12,14,16H2,1-3H3,(H2,28,36)(H,29,38). The van der Waals surface area contributed by atoms with E-state index in [2.05, 4.69) is 15.4 Å². The number of aryl methyl sites for hydroxylation is 1. The van der Waals surface area contributed by atoms with Crippen LogP contribution in [0.25, 0.3) is 11.4 Å². The van der Waals surface area contributed by atoms with Crippen molar-refractivity contribution >= 4 is 23.5 Å². The number of fused-ring (bicyclic) bond motifs is 1. The Bertz CT molecular complexity index is 1520. The molecule has 1 aliphatic rings. The lowest BCUT2D eigenvalue weighted by Gasteiger charge is -2.28. The van der Waals surface area contributed by atoms with Gasteiger partial charge in [-0.1, -0.05) is 17.7 Å². The summed E-state index contributed by atoms with van der Waals surface area (Å²) in [5.74, 6) is -0.213. The number of nitrogens with two attached hydrogens (primary N) is 1. The fourth-order valence-corrected chi connectivity index (χ4v) is 4.63. The third kappa shape index (κ3) is 4.38. The Morgan fingerprint density at radius 2 is 1.71 bits per heavy atom. The number of imidazole rings is 1. The number of nitrogens with one attached hydrogen (secondary N) is 1. The van der Waals surface area contributed by atoms with E-state index < -0.39 is 5.91 Å². The molecule has 4 aromatic rings. The molecule has 2 aromatic heterocycles. The summed E-state index contributed by atoms with van der Waals surface area (Å²) in [6, 6.07) is 14.9. The molecule has 0 saturated carbocycles. The van der Waals surface area contributed by atoms with Gasteiger partial charge < -0.3 is 25.4 Å². The number of carbonyl (C=O) groups excluding carboxylic acids is 3. The maximum atomic E-state index is 13.7. The third-order valence-electron chi connectivity index (χ3n) is 6.62. The Balaban J connectivity index is 1.45. The summed E-state index contributed by atoms with van der Waals surface area (Å²) in [7, 11) is 3.28. The minimum Gasteiger partial charge on any atom is -0.364 e. The first-order chi connectivity index (χ1) is 18.3. The average Bonchev–Trinajstić information content (AvgIpc) is 3.54. The number of nitrogens with zero attached hydrogens (tertiary/aromatic N) is 6. The van der Waals surface area contributed by atoms with Crippen LogP contribution < -0.4 is 16.0 Å². The molecule has 1 aliphatic heterocycles. The van der Waals surface area contributed by atoms with Gasteiger partial charge in [-0.25, -0.2) is 14.5 Å². The zero-order chi connectivity index (χ0) is 27.0. The fourth-order valence-electron chi connectivity index (χ4n) is 4.63. The molecule has 11 nitrogen and oxygen atoms in total. The molecule has 194 valence electrons. The van der Waals surface area contributed by atoms with Gasteiger partial charge in [-0.05, 0) is 49.7 Å². The van der Waals surface area contributed by atoms with Crippen molar-refractivity contribution in [2.45, 2.75) is 19.9 Å². The second-order valence-corrected chi connectivity index (χ2v) is 9.14. The van der Waals surface area contributed by atoms with Crippen LogP contribution in [0.4, 0.5) is 10.5 Å². The van der Waals surface area contributed by atoms with Gasteiger partial charge in [0.05, 0.1) is 12.2 Å². The van der Waals surface area contributed by atoms with Gasteiger partial charge in [0, 0.05) is 50.0 Å². The van der Waals surface area contributed by atoms with E-state index in [4.69, 9.17) is 5.73 Å². The number of hydrogen-bond acceptors (Lipinski definition) is 5. The van der Waals surface area contributed by atoms with Gasteiger partial charge in [0.1, 0.15) is 11.5 Å². The molecular formula is C27H28N8O3. The average molecular weight is 513 g/mol. The molecule has 0 saturated heterocycles. The normalized spacial score (nSPS) is 12.8. The Kier molecular flexibility index (Phi) is 6.41. The summed E-state index contributed by atoms with van der Waals surface area (Å²) >= 11 is 0. The topological polar surface area (TPSA) is 131 Å². The van der Waals surface area contributed by atoms with Crippen LogP contribution in [0.5, 0.6) is 0 Å². The van der Waals surface area contributed by atoms with Gasteiger partial charge in [0.25, 0.3) is 11.8 Å². The molecular weight excluding hydrogens is 484 g/mol. The fraction of sp³-hybridized carbons (Fsp3) is 0.222. The van der Waals surface area contributed by atoms with E-state index in [1.165, 1.54) is 9.58 Å². The number of anilines is 1. The van der Waals surface area contributed by atoms with Crippen molar-refractivity contribution in [2.24, 2.45) is 5.73 Å². The molecule has 0 fully saturated rings. The van der Waals surface area contributed by atoms with Crippen LogP contribution >= 0.6 is 0 Å². The summed E-state index contributed by atoms with van der Waals surface area (Å²) in [6.45, 7) is 2.69. The van der Waals surface area contributed by atoms with E-state index in [0.29, 0.717) is 48.0 Å². The second kappa shape index (κ2) is 9.85. The second-order valence-electron chi connectivity index (χ2n) is 9.14. The van der Waals surface area contributed by atoms with Crippen LogP contribution in [-0.4, -0.2) is 62.7 Å². The van der Waals surface area contributed by atoms with Crippen LogP contribution in [0.15, 0.2) is 60.9 Å². The lowest BCUT2D eigenvalue weighted by molar-refractivity contribution is 0.0972. The van der Waals surface area contributed by atoms with E-state index >= 15 is 0 Å². The first-order valence-electron chi connectivity index (χ1n) is 12.1. The quantitative estimate of drug-likeness (QED) is 0.410. The summed E-state index contributed by atoms with van der Waals surface area (Å²) in [5.41, 5.74) is 9.94. The summed E-state index contributed by atoms with van der Waals surface area (Å²) < 4.78 is 3.41. The molecule has 2 aromatic carbocycles. The highest BCUT2D eigenvalue weighted by Gasteiger charge is 2.34. The minimum atomic E-state index is -0.657. The van der Waals surface area contributed by atoms with Crippen molar-refractivity contribution in [3.8, 4) is 11.4 Å². The van der Waals surface area contributed by atoms with Crippen LogP contribution in [0, 0.1) is 6.92 Å². The number of primary amides is 1. The lowest BCUT2D eigenvalue weighted by Crippen LogP contribution is -2.39. The monoisotopic (exact) mass is 512 g/mol. The number of amides is 4. The number of aromatic nitrogens is 4. The van der Waals surface area contributed by atoms with Gasteiger partial charge in [0.2, 0.25) is 0 Å². The van der Waals surface area contributed by atoms with E-state index in [1.807, 2.05) is 66.2 Å². The van der Waals surface area contributed by atoms with Crippen molar-refractivity contribution in [3.63, 3.8) is 0 Å². The Morgan fingerprint density at radius 3 is 2.37 bits per heavy atom. The van der Waals surface area contributed by atoms with Gasteiger partial charge in [-0.15, -0.1) is 0 Å². The number of carbonyl (C=O) groups is 3. The number of urea groups is 1. The van der Waals surface area contributed by atoms with Crippen molar-refractivity contribution in [1.82, 2.24) is 29.5 Å². The van der Waals surface area contributed by atoms with E-state index in [9.17, 15) is 14.4 Å². The van der Waals surface area contributed by atoms with Gasteiger partial charge in [-0.2, -0.15) is 5.10 Å². The molecule has 0 atom stereocenters. The van der Waals surface area contributed by atoms with E-state index in [1.54, 1.807) is 25.2 Å². The SMILES string of the molecule is CNC(=O)N(C)Cc1nccn1-c1ccc(N2CCc3c(C(N)=O)nn(-c4ccc(C)cc4)c3C2=O)cc1. The van der Waals surface area contributed by atoms with Crippen LogP contribution in [-0.2, 0) is 13.0 Å². The van der Waals surface area contributed by atoms with E-state index in [0.717, 1.165) is 11.3 Å². The van der Waals surface area contributed by atoms with Crippen molar-refractivity contribution in [3.05, 3.63) is 89.3 Å². The van der Waals surface area contributed by atoms with Crippen LogP contribution in [0.2, 0.25) is 0 Å². The zero-order valence-electron chi connectivity index (χ0n) is 21.4. The first kappa shape index (κ1) is 24.8. The number of benzene rings is 2. The first-order valence-corrected chi connectivity index (χ1v) is 12.1. The molecule has 4 amide bonds. The highest BCUT2D eigenvalue weighted by Crippen LogP contribution is 2.29. The van der Waals surface area contributed by atoms with Crippen LogP contribution in [0.3, 0.4) is 0 Å². The predicted octanol–water partition coefficient (Wildman–Crippen LogP) is 2.44. The largest absolute Gasteiger partial charge is 0.364 e. The molecule has 0 aliphatic carbocycles. The van der Waals surface area contributed by atoms with Gasteiger partial charge in [0.15, 0.2) is 5.69 Å². The molecule has 0 bridgehead atoms. The molecule has 3 heterocycles. The maximum absolute atomic E-state index is 13.7. The Hall–Kier alpha value is -4.93.